The molecule has 1 aliphatic rings. The molecule has 0 aliphatic carbocycles. The highest BCUT2D eigenvalue weighted by molar-refractivity contribution is 5.77. The highest BCUT2D eigenvalue weighted by Gasteiger charge is 2.41. The number of carboxylic acid groups (broad SMARTS) is 1. The molecule has 116 valence electrons. The molecule has 1 aromatic rings. The van der Waals surface area contributed by atoms with Crippen LogP contribution < -0.4 is 5.32 Å². The number of carbonyl (C=O) groups is 2. The fraction of sp³-hybridized carbons (Fsp3) is 0.600. The van der Waals surface area contributed by atoms with Crippen LogP contribution in [0.15, 0.2) is 22.8 Å². The first-order valence-corrected chi connectivity index (χ1v) is 7.36. The molecular weight excluding hydrogens is 272 g/mol. The number of amides is 2. The summed E-state index contributed by atoms with van der Waals surface area (Å²) in [6.45, 7) is 3.31. The maximum Gasteiger partial charge on any atom is 0.317 e. The Kier molecular flexibility index (Phi) is 4.88. The Morgan fingerprint density at radius 2 is 2.14 bits per heavy atom. The first kappa shape index (κ1) is 15.4. The molecule has 0 saturated carbocycles. The Hall–Kier alpha value is -1.98. The topological polar surface area (TPSA) is 82.8 Å². The lowest BCUT2D eigenvalue weighted by Gasteiger charge is -2.38. The number of rotatable bonds is 5. The minimum atomic E-state index is -0.736. The lowest BCUT2D eigenvalue weighted by Crippen LogP contribution is -2.49. The van der Waals surface area contributed by atoms with Crippen molar-refractivity contribution in [2.75, 3.05) is 13.1 Å². The normalized spacial score (nSPS) is 17.5. The molecule has 0 unspecified atom stereocenters. The highest BCUT2D eigenvalue weighted by atomic mass is 16.4. The van der Waals surface area contributed by atoms with Gasteiger partial charge in [-0.3, -0.25) is 4.79 Å². The van der Waals surface area contributed by atoms with Crippen LogP contribution in [0.25, 0.3) is 0 Å². The molecule has 6 nitrogen and oxygen atoms in total. The van der Waals surface area contributed by atoms with Crippen LogP contribution >= 0.6 is 0 Å². The second kappa shape index (κ2) is 6.65. The number of hydrogen-bond acceptors (Lipinski definition) is 3. The maximum atomic E-state index is 12.1. The molecule has 0 aromatic carbocycles. The van der Waals surface area contributed by atoms with Crippen molar-refractivity contribution in [2.24, 2.45) is 5.41 Å². The average molecular weight is 294 g/mol. The van der Waals surface area contributed by atoms with E-state index in [0.29, 0.717) is 44.7 Å². The van der Waals surface area contributed by atoms with Gasteiger partial charge in [-0.05, 0) is 31.4 Å². The van der Waals surface area contributed by atoms with Gasteiger partial charge in [0.15, 0.2) is 0 Å². The van der Waals surface area contributed by atoms with Crippen LogP contribution in [-0.2, 0) is 11.3 Å². The SMILES string of the molecule is CCCC1(C(=O)O)CCN(C(=O)NCc2ccco2)CC1. The van der Waals surface area contributed by atoms with Gasteiger partial charge in [-0.1, -0.05) is 13.3 Å². The molecule has 1 saturated heterocycles. The number of urea groups is 1. The van der Waals surface area contributed by atoms with Crippen LogP contribution in [-0.4, -0.2) is 35.1 Å². The van der Waals surface area contributed by atoms with Gasteiger partial charge >= 0.3 is 12.0 Å². The molecular formula is C15H22N2O4. The third-order valence-corrected chi connectivity index (χ3v) is 4.18. The van der Waals surface area contributed by atoms with Crippen molar-refractivity contribution in [3.63, 3.8) is 0 Å². The average Bonchev–Trinajstić information content (AvgIpc) is 2.99. The number of piperidine rings is 1. The number of hydrogen-bond donors (Lipinski definition) is 2. The van der Waals surface area contributed by atoms with Gasteiger partial charge in [0, 0.05) is 13.1 Å². The van der Waals surface area contributed by atoms with Crippen molar-refractivity contribution in [3.8, 4) is 0 Å². The van der Waals surface area contributed by atoms with Crippen LogP contribution in [0.2, 0.25) is 0 Å². The molecule has 6 heteroatoms. The Labute approximate surface area is 124 Å². The molecule has 2 rings (SSSR count). The smallest absolute Gasteiger partial charge is 0.317 e. The van der Waals surface area contributed by atoms with Crippen molar-refractivity contribution in [1.29, 1.82) is 0 Å². The molecule has 0 bridgehead atoms. The van der Waals surface area contributed by atoms with Crippen molar-refractivity contribution in [2.45, 2.75) is 39.2 Å². The lowest BCUT2D eigenvalue weighted by atomic mass is 9.75. The summed E-state index contributed by atoms with van der Waals surface area (Å²) in [5, 5.41) is 12.2. The predicted octanol–water partition coefficient (Wildman–Crippen LogP) is 2.46. The van der Waals surface area contributed by atoms with Crippen molar-refractivity contribution in [1.82, 2.24) is 10.2 Å². The first-order chi connectivity index (χ1) is 10.1. The van der Waals surface area contributed by atoms with E-state index in [1.165, 1.54) is 0 Å². The highest BCUT2D eigenvalue weighted by Crippen LogP contribution is 2.36. The Bertz CT molecular complexity index is 476. The van der Waals surface area contributed by atoms with E-state index in [2.05, 4.69) is 5.32 Å². The number of carboxylic acids is 1. The predicted molar refractivity (Wildman–Crippen MR) is 76.7 cm³/mol. The summed E-state index contributed by atoms with van der Waals surface area (Å²) in [5.41, 5.74) is -0.660. The van der Waals surface area contributed by atoms with E-state index in [-0.39, 0.29) is 6.03 Å². The minimum absolute atomic E-state index is 0.165. The monoisotopic (exact) mass is 294 g/mol. The van der Waals surface area contributed by atoms with Crippen LogP contribution in [0.5, 0.6) is 0 Å². The Morgan fingerprint density at radius 1 is 1.43 bits per heavy atom. The molecule has 1 aliphatic heterocycles. The molecule has 0 radical (unpaired) electrons. The van der Waals surface area contributed by atoms with E-state index in [9.17, 15) is 14.7 Å². The van der Waals surface area contributed by atoms with E-state index < -0.39 is 11.4 Å². The summed E-state index contributed by atoms with van der Waals surface area (Å²) in [4.78, 5) is 25.2. The van der Waals surface area contributed by atoms with Gasteiger partial charge in [-0.15, -0.1) is 0 Å². The second-order valence-corrected chi connectivity index (χ2v) is 5.56. The van der Waals surface area contributed by atoms with E-state index in [1.807, 2.05) is 6.92 Å². The summed E-state index contributed by atoms with van der Waals surface area (Å²) in [6, 6.07) is 3.41. The van der Waals surface area contributed by atoms with Crippen molar-refractivity contribution < 1.29 is 19.1 Å². The molecule has 0 spiro atoms. The molecule has 1 aromatic heterocycles. The van der Waals surface area contributed by atoms with Gasteiger partial charge in [-0.25, -0.2) is 4.79 Å². The van der Waals surface area contributed by atoms with E-state index in [1.54, 1.807) is 23.3 Å². The summed E-state index contributed by atoms with van der Waals surface area (Å²) in [5.74, 6) is -0.0359. The van der Waals surface area contributed by atoms with Crippen LogP contribution in [0, 0.1) is 5.41 Å². The van der Waals surface area contributed by atoms with Gasteiger partial charge in [-0.2, -0.15) is 0 Å². The van der Waals surface area contributed by atoms with Gasteiger partial charge in [0.2, 0.25) is 0 Å². The van der Waals surface area contributed by atoms with Gasteiger partial charge < -0.3 is 19.7 Å². The van der Waals surface area contributed by atoms with Crippen LogP contribution in [0.4, 0.5) is 4.79 Å². The number of likely N-dealkylation sites (tertiary alicyclic amines) is 1. The number of nitrogens with one attached hydrogen (secondary N) is 1. The standard InChI is InChI=1S/C15H22N2O4/c1-2-5-15(13(18)19)6-8-17(9-7-15)14(20)16-11-12-4-3-10-21-12/h3-4,10H,2,5-9,11H2,1H3,(H,16,20)(H,18,19). The van der Waals surface area contributed by atoms with Gasteiger partial charge in [0.1, 0.15) is 5.76 Å². The second-order valence-electron chi connectivity index (χ2n) is 5.56. The zero-order chi connectivity index (χ0) is 15.3. The fourth-order valence-electron chi connectivity index (χ4n) is 2.87. The third kappa shape index (κ3) is 3.56. The summed E-state index contributed by atoms with van der Waals surface area (Å²) >= 11 is 0. The molecule has 21 heavy (non-hydrogen) atoms. The molecule has 2 heterocycles. The maximum absolute atomic E-state index is 12.1. The first-order valence-electron chi connectivity index (χ1n) is 7.36. The Balaban J connectivity index is 1.85. The third-order valence-electron chi connectivity index (χ3n) is 4.18. The van der Waals surface area contributed by atoms with Gasteiger partial charge in [0.25, 0.3) is 0 Å². The number of furan rings is 1. The molecule has 2 amide bonds. The van der Waals surface area contributed by atoms with Crippen molar-refractivity contribution >= 4 is 12.0 Å². The van der Waals surface area contributed by atoms with Crippen LogP contribution in [0.1, 0.15) is 38.4 Å². The minimum Gasteiger partial charge on any atom is -0.481 e. The summed E-state index contributed by atoms with van der Waals surface area (Å²) < 4.78 is 5.16. The zero-order valence-corrected chi connectivity index (χ0v) is 12.3. The Morgan fingerprint density at radius 3 is 2.67 bits per heavy atom. The molecule has 2 N–H and O–H groups in total. The molecule has 1 fully saturated rings. The lowest BCUT2D eigenvalue weighted by molar-refractivity contribution is -0.152. The van der Waals surface area contributed by atoms with Crippen LogP contribution in [0.3, 0.4) is 0 Å². The summed E-state index contributed by atoms with van der Waals surface area (Å²) in [6.07, 6.45) is 4.12. The largest absolute Gasteiger partial charge is 0.481 e. The summed E-state index contributed by atoms with van der Waals surface area (Å²) in [7, 11) is 0. The van der Waals surface area contributed by atoms with E-state index in [4.69, 9.17) is 4.42 Å². The van der Waals surface area contributed by atoms with Crippen molar-refractivity contribution in [3.05, 3.63) is 24.2 Å². The van der Waals surface area contributed by atoms with E-state index in [0.717, 1.165) is 6.42 Å². The molecule has 0 atom stereocenters. The van der Waals surface area contributed by atoms with E-state index >= 15 is 0 Å². The number of aliphatic carboxylic acids is 1. The fourth-order valence-corrected chi connectivity index (χ4v) is 2.87. The quantitative estimate of drug-likeness (QED) is 0.874. The number of nitrogens with zero attached hydrogens (tertiary/aromatic N) is 1. The number of carbonyl (C=O) groups excluding carboxylic acids is 1. The van der Waals surface area contributed by atoms with Gasteiger partial charge in [0.05, 0.1) is 18.2 Å². The zero-order valence-electron chi connectivity index (χ0n) is 12.3.